The predicted octanol–water partition coefficient (Wildman–Crippen LogP) is 2.49. The molecule has 21 heavy (non-hydrogen) atoms. The Bertz CT molecular complexity index is 552. The first-order chi connectivity index (χ1) is 10.3. The second-order valence-corrected chi connectivity index (χ2v) is 5.19. The summed E-state index contributed by atoms with van der Waals surface area (Å²) in [6.45, 7) is 1.91. The van der Waals surface area contributed by atoms with Gasteiger partial charge in [0.05, 0.1) is 17.7 Å². The number of nitrogens with zero attached hydrogens (tertiary/aromatic N) is 3. The molecule has 0 amide bonds. The first kappa shape index (κ1) is 15.4. The van der Waals surface area contributed by atoms with Crippen LogP contribution in [0.1, 0.15) is 31.2 Å². The lowest BCUT2D eigenvalue weighted by Crippen LogP contribution is -2.38. The molecule has 1 aliphatic carbocycles. The third kappa shape index (κ3) is 3.36. The van der Waals surface area contributed by atoms with Gasteiger partial charge >= 0.3 is 0 Å². The van der Waals surface area contributed by atoms with Crippen LogP contribution < -0.4 is 0 Å². The Morgan fingerprint density at radius 1 is 1.19 bits per heavy atom. The van der Waals surface area contributed by atoms with Crippen LogP contribution in [0.25, 0.3) is 0 Å². The number of aliphatic imine (C=N–C) groups is 2. The van der Waals surface area contributed by atoms with Crippen LogP contribution in [-0.4, -0.2) is 41.2 Å². The summed E-state index contributed by atoms with van der Waals surface area (Å²) in [7, 11) is 1.00. The number of fused-ring (bicyclic) bond motifs is 1. The van der Waals surface area contributed by atoms with Gasteiger partial charge in [0.1, 0.15) is 5.84 Å². The molecular weight excluding hydrogens is 266 g/mol. The van der Waals surface area contributed by atoms with E-state index in [2.05, 4.69) is 27.3 Å². The van der Waals surface area contributed by atoms with E-state index in [-0.39, 0.29) is 12.0 Å². The summed E-state index contributed by atoms with van der Waals surface area (Å²) in [6, 6.07) is 10.5. The maximum atomic E-state index is 9.24. The van der Waals surface area contributed by atoms with Crippen molar-refractivity contribution in [2.45, 2.75) is 31.7 Å². The molecular formula is C16H21N3O2. The summed E-state index contributed by atoms with van der Waals surface area (Å²) >= 11 is 0. The van der Waals surface area contributed by atoms with E-state index in [4.69, 9.17) is 5.11 Å². The lowest BCUT2D eigenvalue weighted by molar-refractivity contribution is 0.308. The molecule has 5 nitrogen and oxygen atoms in total. The smallest absolute Gasteiger partial charge is 0.120 e. The lowest BCUT2D eigenvalue weighted by Gasteiger charge is -2.34. The van der Waals surface area contributed by atoms with Gasteiger partial charge in [-0.1, -0.05) is 35.5 Å². The van der Waals surface area contributed by atoms with E-state index >= 15 is 0 Å². The minimum atomic E-state index is 0.0636. The molecule has 3 atom stereocenters. The molecule has 1 aromatic carbocycles. The molecule has 0 spiro atoms. The van der Waals surface area contributed by atoms with Crippen molar-refractivity contribution < 1.29 is 10.3 Å². The van der Waals surface area contributed by atoms with Crippen LogP contribution in [0.4, 0.5) is 0 Å². The fraction of sp³-hybridized carbons (Fsp3) is 0.438. The fourth-order valence-electron chi connectivity index (χ4n) is 3.00. The number of oxime groups is 1. The van der Waals surface area contributed by atoms with Crippen molar-refractivity contribution in [2.75, 3.05) is 7.11 Å². The van der Waals surface area contributed by atoms with Crippen molar-refractivity contribution in [1.29, 1.82) is 0 Å². The van der Waals surface area contributed by atoms with Crippen molar-refractivity contribution in [3.05, 3.63) is 35.9 Å². The van der Waals surface area contributed by atoms with Crippen LogP contribution in [0.3, 0.4) is 0 Å². The number of aliphatic hydroxyl groups is 1. The third-order valence-corrected chi connectivity index (χ3v) is 3.95. The molecule has 3 rings (SSSR count). The van der Waals surface area contributed by atoms with Crippen LogP contribution in [0.15, 0.2) is 45.5 Å². The highest BCUT2D eigenvalue weighted by atomic mass is 16.4. The minimum absolute atomic E-state index is 0.0636. The van der Waals surface area contributed by atoms with Gasteiger partial charge in [-0.15, -0.1) is 0 Å². The largest absolute Gasteiger partial charge is 0.411 e. The summed E-state index contributed by atoms with van der Waals surface area (Å²) in [5.41, 5.74) is 2.09. The highest BCUT2D eigenvalue weighted by molar-refractivity contribution is 6.04. The number of hydrogen-bond acceptors (Lipinski definition) is 5. The maximum Gasteiger partial charge on any atom is 0.120 e. The SMILES string of the molecule is CC1=NC2CC(c3ccccc3)C/C(=N\O)C2C=N1.CO. The summed E-state index contributed by atoms with van der Waals surface area (Å²) in [5, 5.41) is 19.7. The maximum absolute atomic E-state index is 9.24. The van der Waals surface area contributed by atoms with Crippen molar-refractivity contribution in [3.8, 4) is 0 Å². The molecule has 0 bridgehead atoms. The zero-order valence-corrected chi connectivity index (χ0v) is 12.3. The molecule has 5 heteroatoms. The molecule has 1 fully saturated rings. The third-order valence-electron chi connectivity index (χ3n) is 3.95. The van der Waals surface area contributed by atoms with E-state index < -0.39 is 0 Å². The quantitative estimate of drug-likeness (QED) is 0.615. The first-order valence-electron chi connectivity index (χ1n) is 7.07. The van der Waals surface area contributed by atoms with Gasteiger partial charge in [-0.3, -0.25) is 4.99 Å². The van der Waals surface area contributed by atoms with Gasteiger partial charge in [-0.05, 0) is 31.2 Å². The average Bonchev–Trinajstić information content (AvgIpc) is 2.56. The van der Waals surface area contributed by atoms with Gasteiger partial charge in [0, 0.05) is 13.3 Å². The Morgan fingerprint density at radius 2 is 1.90 bits per heavy atom. The van der Waals surface area contributed by atoms with Crippen LogP contribution >= 0.6 is 0 Å². The van der Waals surface area contributed by atoms with E-state index in [9.17, 15) is 5.21 Å². The molecule has 1 saturated carbocycles. The van der Waals surface area contributed by atoms with E-state index in [0.717, 1.165) is 31.5 Å². The molecule has 3 unspecified atom stereocenters. The van der Waals surface area contributed by atoms with Crippen LogP contribution in [0, 0.1) is 5.92 Å². The second-order valence-electron chi connectivity index (χ2n) is 5.19. The number of aliphatic hydroxyl groups excluding tert-OH is 1. The Kier molecular flexibility index (Phi) is 5.22. The minimum Gasteiger partial charge on any atom is -0.411 e. The monoisotopic (exact) mass is 287 g/mol. The van der Waals surface area contributed by atoms with Crippen LogP contribution in [0.5, 0.6) is 0 Å². The van der Waals surface area contributed by atoms with Crippen molar-refractivity contribution >= 4 is 17.8 Å². The molecule has 0 saturated heterocycles. The molecule has 1 heterocycles. The number of benzene rings is 1. The van der Waals surface area contributed by atoms with Crippen molar-refractivity contribution in [3.63, 3.8) is 0 Å². The van der Waals surface area contributed by atoms with Gasteiger partial charge in [-0.2, -0.15) is 0 Å². The zero-order valence-electron chi connectivity index (χ0n) is 12.3. The molecule has 2 aliphatic rings. The number of hydrogen-bond donors (Lipinski definition) is 2. The fourth-order valence-corrected chi connectivity index (χ4v) is 3.00. The first-order valence-corrected chi connectivity index (χ1v) is 7.07. The molecule has 0 radical (unpaired) electrons. The summed E-state index contributed by atoms with van der Waals surface area (Å²) < 4.78 is 0. The Hall–Kier alpha value is -2.01. The highest BCUT2D eigenvalue weighted by Crippen LogP contribution is 2.36. The Labute approximate surface area is 124 Å². The molecule has 112 valence electrons. The van der Waals surface area contributed by atoms with Gasteiger partial charge < -0.3 is 10.3 Å². The van der Waals surface area contributed by atoms with Gasteiger partial charge in [0.25, 0.3) is 0 Å². The molecule has 1 aliphatic heterocycles. The van der Waals surface area contributed by atoms with Crippen LogP contribution in [-0.2, 0) is 0 Å². The van der Waals surface area contributed by atoms with E-state index in [1.54, 1.807) is 0 Å². The highest BCUT2D eigenvalue weighted by Gasteiger charge is 2.36. The molecule has 1 aromatic rings. The Morgan fingerprint density at radius 3 is 2.57 bits per heavy atom. The summed E-state index contributed by atoms with van der Waals surface area (Å²) in [6.07, 6.45) is 3.64. The summed E-state index contributed by atoms with van der Waals surface area (Å²) in [5.74, 6) is 1.25. The Balaban J connectivity index is 0.000000774. The molecule has 2 N–H and O–H groups in total. The van der Waals surface area contributed by atoms with Gasteiger partial charge in [0.2, 0.25) is 0 Å². The number of amidine groups is 1. The topological polar surface area (TPSA) is 77.5 Å². The van der Waals surface area contributed by atoms with Crippen LogP contribution in [0.2, 0.25) is 0 Å². The predicted molar refractivity (Wildman–Crippen MR) is 84.7 cm³/mol. The molecule has 0 aromatic heterocycles. The zero-order chi connectivity index (χ0) is 15.2. The van der Waals surface area contributed by atoms with Gasteiger partial charge in [-0.25, -0.2) is 4.99 Å². The summed E-state index contributed by atoms with van der Waals surface area (Å²) in [4.78, 5) is 8.85. The van der Waals surface area contributed by atoms with Crippen molar-refractivity contribution in [1.82, 2.24) is 0 Å². The van der Waals surface area contributed by atoms with E-state index in [0.29, 0.717) is 5.92 Å². The average molecular weight is 287 g/mol. The number of rotatable bonds is 1. The normalized spacial score (nSPS) is 29.2. The van der Waals surface area contributed by atoms with E-state index in [1.807, 2.05) is 31.3 Å². The second kappa shape index (κ2) is 7.13. The van der Waals surface area contributed by atoms with Gasteiger partial charge in [0.15, 0.2) is 0 Å². The standard InChI is InChI=1S/C15H17N3O.CH4O/c1-10-16-9-13-14(17-10)7-12(8-15(13)18-19)11-5-3-2-4-6-11;1-2/h2-6,9,12-14,19H,7-8H2,1H3;2H,1H3/b18-15+;. The van der Waals surface area contributed by atoms with E-state index in [1.165, 1.54) is 5.56 Å². The lowest BCUT2D eigenvalue weighted by atomic mass is 9.74. The van der Waals surface area contributed by atoms with Crippen molar-refractivity contribution in [2.24, 2.45) is 21.1 Å².